The van der Waals surface area contributed by atoms with Crippen molar-refractivity contribution in [3.63, 3.8) is 0 Å². The summed E-state index contributed by atoms with van der Waals surface area (Å²) in [6.07, 6.45) is 5.78. The van der Waals surface area contributed by atoms with Gasteiger partial charge >= 0.3 is 0 Å². The smallest absolute Gasteiger partial charge is 0.0574 e. The number of methoxy groups -OCH3 is 1. The van der Waals surface area contributed by atoms with Gasteiger partial charge < -0.3 is 4.74 Å². The topological polar surface area (TPSA) is 9.23 Å². The van der Waals surface area contributed by atoms with Gasteiger partial charge in [0.2, 0.25) is 0 Å². The fraction of sp³-hybridized carbons (Fsp3) is 1.00. The molecule has 1 rings (SSSR count). The van der Waals surface area contributed by atoms with Crippen LogP contribution in [-0.4, -0.2) is 18.5 Å². The van der Waals surface area contributed by atoms with E-state index in [-0.39, 0.29) is 0 Å². The van der Waals surface area contributed by atoms with Crippen LogP contribution in [0.1, 0.15) is 25.7 Å². The third kappa shape index (κ3) is 2.24. The van der Waals surface area contributed by atoms with E-state index in [1.807, 2.05) is 7.11 Å². The van der Waals surface area contributed by atoms with Gasteiger partial charge in [-0.25, -0.2) is 0 Å². The summed E-state index contributed by atoms with van der Waals surface area (Å²) in [5, 5.41) is 1.15. The highest BCUT2D eigenvalue weighted by Gasteiger charge is 2.20. The summed E-state index contributed by atoms with van der Waals surface area (Å²) in [6.45, 7) is 0. The summed E-state index contributed by atoms with van der Waals surface area (Å²) in [5.41, 5.74) is 0. The molecular formula is C8H15BrO. The zero-order chi connectivity index (χ0) is 7.40. The highest BCUT2D eigenvalue weighted by Crippen LogP contribution is 2.26. The minimum atomic E-state index is 0.538. The Morgan fingerprint density at radius 2 is 2.30 bits per heavy atom. The largest absolute Gasteiger partial charge is 0.381 e. The van der Waals surface area contributed by atoms with Gasteiger partial charge in [0.05, 0.1) is 6.10 Å². The van der Waals surface area contributed by atoms with Crippen molar-refractivity contribution in [1.82, 2.24) is 0 Å². The first-order valence-electron chi connectivity index (χ1n) is 3.95. The Bertz CT molecular complexity index is 85.3. The molecule has 1 nitrogen and oxygen atoms in total. The van der Waals surface area contributed by atoms with Gasteiger partial charge in [-0.15, -0.1) is 0 Å². The third-order valence-electron chi connectivity index (χ3n) is 2.29. The van der Waals surface area contributed by atoms with Crippen molar-refractivity contribution in [2.45, 2.75) is 31.8 Å². The van der Waals surface area contributed by atoms with Crippen LogP contribution in [0.15, 0.2) is 0 Å². The molecule has 0 aromatic carbocycles. The lowest BCUT2D eigenvalue weighted by molar-refractivity contribution is 0.0553. The minimum absolute atomic E-state index is 0.538. The first-order valence-corrected chi connectivity index (χ1v) is 5.07. The molecule has 0 aliphatic heterocycles. The average molecular weight is 207 g/mol. The molecule has 0 aromatic rings. The van der Waals surface area contributed by atoms with Gasteiger partial charge in [-0.1, -0.05) is 22.4 Å². The fourth-order valence-electron chi connectivity index (χ4n) is 1.60. The molecule has 1 fully saturated rings. The number of ether oxygens (including phenoxy) is 1. The summed E-state index contributed by atoms with van der Waals surface area (Å²) in [7, 11) is 1.82. The second-order valence-corrected chi connectivity index (χ2v) is 3.69. The van der Waals surface area contributed by atoms with E-state index < -0.39 is 0 Å². The Labute approximate surface area is 71.3 Å². The standard InChI is InChI=1S/C8H15BrO/c1-10-8-4-2-3-7(5-8)6-9/h7-8H,2-6H2,1H3. The monoisotopic (exact) mass is 206 g/mol. The van der Waals surface area contributed by atoms with Crippen molar-refractivity contribution in [2.75, 3.05) is 12.4 Å². The van der Waals surface area contributed by atoms with Crippen LogP contribution in [0.2, 0.25) is 0 Å². The molecule has 2 unspecified atom stereocenters. The van der Waals surface area contributed by atoms with E-state index in [9.17, 15) is 0 Å². The normalized spacial score (nSPS) is 34.2. The lowest BCUT2D eigenvalue weighted by Crippen LogP contribution is -2.22. The minimum Gasteiger partial charge on any atom is -0.381 e. The predicted octanol–water partition coefficient (Wildman–Crippen LogP) is 2.59. The number of hydrogen-bond acceptors (Lipinski definition) is 1. The van der Waals surface area contributed by atoms with Crippen LogP contribution in [0.4, 0.5) is 0 Å². The molecule has 0 heterocycles. The number of alkyl halides is 1. The van der Waals surface area contributed by atoms with Crippen LogP contribution in [0.25, 0.3) is 0 Å². The Hall–Kier alpha value is 0.440. The molecule has 0 amide bonds. The van der Waals surface area contributed by atoms with Gasteiger partial charge in [-0.2, -0.15) is 0 Å². The van der Waals surface area contributed by atoms with Gasteiger partial charge in [-0.3, -0.25) is 0 Å². The van der Waals surface area contributed by atoms with E-state index in [4.69, 9.17) is 4.74 Å². The van der Waals surface area contributed by atoms with Crippen LogP contribution in [0.3, 0.4) is 0 Å². The lowest BCUT2D eigenvalue weighted by atomic mass is 9.89. The van der Waals surface area contributed by atoms with E-state index in [1.54, 1.807) is 0 Å². The molecule has 0 aromatic heterocycles. The maximum Gasteiger partial charge on any atom is 0.0574 e. The molecule has 2 heteroatoms. The van der Waals surface area contributed by atoms with Crippen molar-refractivity contribution in [3.05, 3.63) is 0 Å². The summed E-state index contributed by atoms with van der Waals surface area (Å²) >= 11 is 3.51. The predicted molar refractivity (Wildman–Crippen MR) is 46.5 cm³/mol. The van der Waals surface area contributed by atoms with Crippen LogP contribution < -0.4 is 0 Å². The van der Waals surface area contributed by atoms with Crippen molar-refractivity contribution in [1.29, 1.82) is 0 Å². The number of hydrogen-bond donors (Lipinski definition) is 0. The molecule has 1 saturated carbocycles. The molecule has 1 aliphatic rings. The van der Waals surface area contributed by atoms with Crippen molar-refractivity contribution >= 4 is 15.9 Å². The van der Waals surface area contributed by atoms with E-state index in [2.05, 4.69) is 15.9 Å². The zero-order valence-corrected chi connectivity index (χ0v) is 8.06. The molecule has 10 heavy (non-hydrogen) atoms. The summed E-state index contributed by atoms with van der Waals surface area (Å²) in [4.78, 5) is 0. The number of halogens is 1. The number of rotatable bonds is 2. The van der Waals surface area contributed by atoms with Gasteiger partial charge in [0.1, 0.15) is 0 Å². The van der Waals surface area contributed by atoms with Gasteiger partial charge in [0, 0.05) is 12.4 Å². The van der Waals surface area contributed by atoms with Crippen LogP contribution in [0, 0.1) is 5.92 Å². The van der Waals surface area contributed by atoms with Gasteiger partial charge in [0.15, 0.2) is 0 Å². The second-order valence-electron chi connectivity index (χ2n) is 3.04. The third-order valence-corrected chi connectivity index (χ3v) is 3.20. The summed E-state index contributed by atoms with van der Waals surface area (Å²) in [5.74, 6) is 0.860. The molecule has 0 saturated heterocycles. The highest BCUT2D eigenvalue weighted by atomic mass is 79.9. The van der Waals surface area contributed by atoms with E-state index >= 15 is 0 Å². The molecule has 0 bridgehead atoms. The molecule has 1 aliphatic carbocycles. The Morgan fingerprint density at radius 3 is 2.90 bits per heavy atom. The van der Waals surface area contributed by atoms with Gasteiger partial charge in [-0.05, 0) is 25.2 Å². The summed E-state index contributed by atoms with van der Waals surface area (Å²) in [6, 6.07) is 0. The fourth-order valence-corrected chi connectivity index (χ4v) is 2.18. The van der Waals surface area contributed by atoms with Crippen molar-refractivity contribution in [2.24, 2.45) is 5.92 Å². The first-order chi connectivity index (χ1) is 4.86. The molecular weight excluding hydrogens is 192 g/mol. The maximum atomic E-state index is 5.30. The second kappa shape index (κ2) is 4.35. The van der Waals surface area contributed by atoms with Crippen LogP contribution in [0.5, 0.6) is 0 Å². The Kier molecular flexibility index (Phi) is 3.71. The first kappa shape index (κ1) is 8.54. The molecule has 2 atom stereocenters. The van der Waals surface area contributed by atoms with E-state index in [1.165, 1.54) is 25.7 Å². The maximum absolute atomic E-state index is 5.30. The van der Waals surface area contributed by atoms with E-state index in [0.717, 1.165) is 11.2 Å². The molecule has 0 spiro atoms. The van der Waals surface area contributed by atoms with E-state index in [0.29, 0.717) is 6.10 Å². The zero-order valence-electron chi connectivity index (χ0n) is 6.48. The summed E-state index contributed by atoms with van der Waals surface area (Å²) < 4.78 is 5.30. The van der Waals surface area contributed by atoms with Gasteiger partial charge in [0.25, 0.3) is 0 Å². The molecule has 0 N–H and O–H groups in total. The highest BCUT2D eigenvalue weighted by molar-refractivity contribution is 9.09. The SMILES string of the molecule is COC1CCCC(CBr)C1. The molecule has 0 radical (unpaired) electrons. The quantitative estimate of drug-likeness (QED) is 0.632. The molecule has 60 valence electrons. The average Bonchev–Trinajstić information content (AvgIpc) is 2.05. The Morgan fingerprint density at radius 1 is 1.50 bits per heavy atom. The Balaban J connectivity index is 2.25. The lowest BCUT2D eigenvalue weighted by Gasteiger charge is -2.26. The van der Waals surface area contributed by atoms with Crippen LogP contribution >= 0.6 is 15.9 Å². The van der Waals surface area contributed by atoms with Crippen LogP contribution in [-0.2, 0) is 4.74 Å². The van der Waals surface area contributed by atoms with Crippen molar-refractivity contribution < 1.29 is 4.74 Å². The van der Waals surface area contributed by atoms with Crippen molar-refractivity contribution in [3.8, 4) is 0 Å².